The van der Waals surface area contributed by atoms with Crippen molar-refractivity contribution in [2.75, 3.05) is 13.2 Å². The third-order valence-electron chi connectivity index (χ3n) is 3.00. The normalized spacial score (nSPS) is 39.6. The van der Waals surface area contributed by atoms with Crippen LogP contribution in [0.3, 0.4) is 0 Å². The lowest BCUT2D eigenvalue weighted by molar-refractivity contribution is -0.230. The van der Waals surface area contributed by atoms with Crippen LogP contribution in [0.15, 0.2) is 12.7 Å². The maximum absolute atomic E-state index is 9.72. The Kier molecular flexibility index (Phi) is 4.05. The maximum Gasteiger partial charge on any atom is 0.190 e. The first-order chi connectivity index (χ1) is 8.48. The first-order valence-corrected chi connectivity index (χ1v) is 6.01. The number of aliphatic hydroxyl groups is 2. The lowest BCUT2D eigenvalue weighted by atomic mass is 10.1. The van der Waals surface area contributed by atoms with Crippen LogP contribution in [0.25, 0.3) is 0 Å². The van der Waals surface area contributed by atoms with Crippen LogP contribution in [-0.4, -0.2) is 59.9 Å². The molecule has 0 saturated carbocycles. The summed E-state index contributed by atoms with van der Waals surface area (Å²) >= 11 is 0. The van der Waals surface area contributed by atoms with Gasteiger partial charge in [-0.2, -0.15) is 0 Å². The van der Waals surface area contributed by atoms with Gasteiger partial charge in [0.05, 0.1) is 13.2 Å². The van der Waals surface area contributed by atoms with E-state index in [0.717, 1.165) is 0 Å². The van der Waals surface area contributed by atoms with E-state index in [1.54, 1.807) is 19.9 Å². The molecule has 0 spiro atoms. The van der Waals surface area contributed by atoms with Gasteiger partial charge in [0.1, 0.15) is 24.4 Å². The van der Waals surface area contributed by atoms with Gasteiger partial charge >= 0.3 is 0 Å². The van der Waals surface area contributed by atoms with Crippen molar-refractivity contribution in [1.29, 1.82) is 0 Å². The quantitative estimate of drug-likeness (QED) is 0.666. The molecule has 0 bridgehead atoms. The Hall–Kier alpha value is -0.500. The highest BCUT2D eigenvalue weighted by atomic mass is 16.8. The molecule has 2 fully saturated rings. The second-order valence-corrected chi connectivity index (χ2v) is 4.91. The average Bonchev–Trinajstić information content (AvgIpc) is 2.77. The summed E-state index contributed by atoms with van der Waals surface area (Å²) in [5.74, 6) is -0.736. The predicted molar refractivity (Wildman–Crippen MR) is 61.7 cm³/mol. The number of rotatable bonds is 5. The number of aliphatic hydroxyl groups excluding tert-OH is 2. The zero-order valence-corrected chi connectivity index (χ0v) is 10.6. The van der Waals surface area contributed by atoms with Crippen LogP contribution in [0, 0.1) is 0 Å². The van der Waals surface area contributed by atoms with E-state index < -0.39 is 43.1 Å². The van der Waals surface area contributed by atoms with E-state index in [4.69, 9.17) is 24.1 Å². The second kappa shape index (κ2) is 5.24. The van der Waals surface area contributed by atoms with Gasteiger partial charge in [-0.1, -0.05) is 6.08 Å². The number of hydrogen-bond donors (Lipinski definition) is 2. The van der Waals surface area contributed by atoms with Gasteiger partial charge in [-0.05, 0) is 13.8 Å². The SMILES string of the molecule is C=CCO[C@H]1[C@H]2OC(C)(C)O[C@H]2O[C@@H]1[C@H](O)CO. The van der Waals surface area contributed by atoms with E-state index in [-0.39, 0.29) is 0 Å². The highest BCUT2D eigenvalue weighted by molar-refractivity contribution is 4.97. The minimum absolute atomic E-state index is 0.315. The molecule has 2 saturated heterocycles. The second-order valence-electron chi connectivity index (χ2n) is 4.91. The lowest BCUT2D eigenvalue weighted by Crippen LogP contribution is -2.44. The molecular formula is C12H20O6. The molecule has 18 heavy (non-hydrogen) atoms. The third kappa shape index (κ3) is 2.59. The van der Waals surface area contributed by atoms with Gasteiger partial charge in [0.25, 0.3) is 0 Å². The van der Waals surface area contributed by atoms with E-state index in [2.05, 4.69) is 6.58 Å². The summed E-state index contributed by atoms with van der Waals surface area (Å²) in [7, 11) is 0. The molecule has 0 aliphatic carbocycles. The molecule has 6 nitrogen and oxygen atoms in total. The fourth-order valence-corrected chi connectivity index (χ4v) is 2.29. The van der Waals surface area contributed by atoms with Crippen molar-refractivity contribution in [3.05, 3.63) is 12.7 Å². The third-order valence-corrected chi connectivity index (χ3v) is 3.00. The Balaban J connectivity index is 2.09. The summed E-state index contributed by atoms with van der Waals surface area (Å²) < 4.78 is 22.4. The van der Waals surface area contributed by atoms with Crippen LogP contribution in [0.2, 0.25) is 0 Å². The fourth-order valence-electron chi connectivity index (χ4n) is 2.29. The summed E-state index contributed by atoms with van der Waals surface area (Å²) in [6.45, 7) is 7.07. The summed E-state index contributed by atoms with van der Waals surface area (Å²) in [4.78, 5) is 0. The van der Waals surface area contributed by atoms with E-state index in [1.807, 2.05) is 0 Å². The van der Waals surface area contributed by atoms with Crippen molar-refractivity contribution in [2.45, 2.75) is 50.3 Å². The minimum Gasteiger partial charge on any atom is -0.394 e. The Morgan fingerprint density at radius 2 is 2.17 bits per heavy atom. The van der Waals surface area contributed by atoms with Crippen LogP contribution in [-0.2, 0) is 18.9 Å². The number of hydrogen-bond acceptors (Lipinski definition) is 6. The van der Waals surface area contributed by atoms with Gasteiger partial charge in [0.2, 0.25) is 0 Å². The van der Waals surface area contributed by atoms with Gasteiger partial charge in [-0.25, -0.2) is 0 Å². The zero-order chi connectivity index (χ0) is 13.3. The van der Waals surface area contributed by atoms with Gasteiger partial charge in [-0.3, -0.25) is 0 Å². The molecule has 2 aliphatic rings. The average molecular weight is 260 g/mol. The molecule has 2 rings (SSSR count). The molecule has 6 heteroatoms. The summed E-state index contributed by atoms with van der Waals surface area (Å²) in [5.41, 5.74) is 0. The molecule has 5 atom stereocenters. The van der Waals surface area contributed by atoms with E-state index in [9.17, 15) is 5.11 Å². The fraction of sp³-hybridized carbons (Fsp3) is 0.833. The van der Waals surface area contributed by atoms with Crippen molar-refractivity contribution in [1.82, 2.24) is 0 Å². The molecule has 0 aromatic rings. The molecule has 2 N–H and O–H groups in total. The first kappa shape index (κ1) is 13.9. The van der Waals surface area contributed by atoms with E-state index in [0.29, 0.717) is 6.61 Å². The summed E-state index contributed by atoms with van der Waals surface area (Å²) in [6.07, 6.45) is -1.57. The molecule has 0 radical (unpaired) electrons. The molecule has 0 aromatic heterocycles. The van der Waals surface area contributed by atoms with Gasteiger partial charge in [0, 0.05) is 0 Å². The van der Waals surface area contributed by atoms with E-state index in [1.165, 1.54) is 0 Å². The van der Waals surface area contributed by atoms with Crippen LogP contribution in [0.4, 0.5) is 0 Å². The summed E-state index contributed by atoms with van der Waals surface area (Å²) in [5, 5.41) is 18.7. The largest absolute Gasteiger partial charge is 0.394 e. The topological polar surface area (TPSA) is 77.4 Å². The Morgan fingerprint density at radius 1 is 1.44 bits per heavy atom. The zero-order valence-electron chi connectivity index (χ0n) is 10.6. The maximum atomic E-state index is 9.72. The lowest BCUT2D eigenvalue weighted by Gasteiger charge is -2.27. The summed E-state index contributed by atoms with van der Waals surface area (Å²) in [6, 6.07) is 0. The molecule has 0 aromatic carbocycles. The first-order valence-electron chi connectivity index (χ1n) is 6.01. The van der Waals surface area contributed by atoms with Crippen LogP contribution >= 0.6 is 0 Å². The van der Waals surface area contributed by atoms with Crippen molar-refractivity contribution >= 4 is 0 Å². The number of fused-ring (bicyclic) bond motifs is 1. The van der Waals surface area contributed by atoms with Gasteiger partial charge in [0.15, 0.2) is 12.1 Å². The van der Waals surface area contributed by atoms with Crippen molar-refractivity contribution in [2.24, 2.45) is 0 Å². The Labute approximate surface area is 106 Å². The molecule has 0 amide bonds. The highest BCUT2D eigenvalue weighted by Gasteiger charge is 2.56. The highest BCUT2D eigenvalue weighted by Crippen LogP contribution is 2.39. The molecular weight excluding hydrogens is 240 g/mol. The van der Waals surface area contributed by atoms with Crippen LogP contribution in [0.1, 0.15) is 13.8 Å². The smallest absolute Gasteiger partial charge is 0.190 e. The standard InChI is InChI=1S/C12H20O6/c1-4-5-15-9-8(7(14)6-13)16-11-10(9)17-12(2,3)18-11/h4,7-11,13-14H,1,5-6H2,2-3H3/t7-,8-,9-,10-,11-/m1/s1. The number of ether oxygens (including phenoxy) is 4. The predicted octanol–water partition coefficient (Wildman–Crippen LogP) is -0.213. The molecule has 0 unspecified atom stereocenters. The van der Waals surface area contributed by atoms with Crippen molar-refractivity contribution < 1.29 is 29.2 Å². The Bertz CT molecular complexity index is 305. The molecule has 104 valence electrons. The van der Waals surface area contributed by atoms with Crippen molar-refractivity contribution in [3.63, 3.8) is 0 Å². The van der Waals surface area contributed by atoms with Crippen molar-refractivity contribution in [3.8, 4) is 0 Å². The van der Waals surface area contributed by atoms with Crippen LogP contribution in [0.5, 0.6) is 0 Å². The van der Waals surface area contributed by atoms with Crippen LogP contribution < -0.4 is 0 Å². The molecule has 2 aliphatic heterocycles. The monoisotopic (exact) mass is 260 g/mol. The van der Waals surface area contributed by atoms with Gasteiger partial charge < -0.3 is 29.2 Å². The minimum atomic E-state index is -1.03. The molecule has 2 heterocycles. The van der Waals surface area contributed by atoms with E-state index >= 15 is 0 Å². The van der Waals surface area contributed by atoms with Gasteiger partial charge in [-0.15, -0.1) is 6.58 Å². The Morgan fingerprint density at radius 3 is 2.78 bits per heavy atom.